The molecule has 0 bridgehead atoms. The molecule has 108 valence electrons. The molecule has 0 atom stereocenters. The Kier molecular flexibility index (Phi) is 3.92. The first-order chi connectivity index (χ1) is 9.55. The third-order valence-corrected chi connectivity index (χ3v) is 4.04. The van der Waals surface area contributed by atoms with Crippen LogP contribution in [-0.4, -0.2) is 33.5 Å². The molecule has 1 aromatic heterocycles. The van der Waals surface area contributed by atoms with Crippen LogP contribution in [0.3, 0.4) is 0 Å². The van der Waals surface area contributed by atoms with E-state index in [-0.39, 0.29) is 17.5 Å². The van der Waals surface area contributed by atoms with Gasteiger partial charge in [0.05, 0.1) is 0 Å². The second-order valence-electron chi connectivity index (χ2n) is 4.88. The van der Waals surface area contributed by atoms with Crippen LogP contribution >= 0.6 is 0 Å². The van der Waals surface area contributed by atoms with Gasteiger partial charge < -0.3 is 9.47 Å². The van der Waals surface area contributed by atoms with E-state index >= 15 is 0 Å². The molecule has 0 radical (unpaired) electrons. The molecule has 0 spiro atoms. The minimum Gasteiger partial charge on any atom is -0.314 e. The Bertz CT molecular complexity index is 575. The first kappa shape index (κ1) is 14.3. The maximum absolute atomic E-state index is 12.0. The molecule has 1 aliphatic heterocycles. The number of aromatic nitrogens is 1. The summed E-state index contributed by atoms with van der Waals surface area (Å²) < 4.78 is 1.53. The molecule has 20 heavy (non-hydrogen) atoms. The van der Waals surface area contributed by atoms with Crippen molar-refractivity contribution < 1.29 is 9.59 Å². The number of amides is 3. The summed E-state index contributed by atoms with van der Waals surface area (Å²) >= 11 is 0. The third-order valence-electron chi connectivity index (χ3n) is 4.04. The lowest BCUT2D eigenvalue weighted by Gasteiger charge is -2.33. The van der Waals surface area contributed by atoms with E-state index < -0.39 is 5.54 Å². The van der Waals surface area contributed by atoms with E-state index in [1.807, 2.05) is 13.8 Å². The van der Waals surface area contributed by atoms with Crippen molar-refractivity contribution in [3.05, 3.63) is 34.7 Å². The topological polar surface area (TPSA) is 71.4 Å². The van der Waals surface area contributed by atoms with Crippen LogP contribution < -0.4 is 10.9 Å². The summed E-state index contributed by atoms with van der Waals surface area (Å²) in [7, 11) is 0. The number of hydrogen-bond donors (Lipinski definition) is 1. The quantitative estimate of drug-likeness (QED) is 0.815. The highest BCUT2D eigenvalue weighted by molar-refractivity contribution is 6.06. The van der Waals surface area contributed by atoms with Crippen LogP contribution in [0.15, 0.2) is 29.2 Å². The van der Waals surface area contributed by atoms with Crippen LogP contribution in [0.25, 0.3) is 0 Å². The minimum absolute atomic E-state index is 0.114. The van der Waals surface area contributed by atoms with Gasteiger partial charge in [0, 0.05) is 25.4 Å². The van der Waals surface area contributed by atoms with Crippen LogP contribution in [0.5, 0.6) is 0 Å². The van der Waals surface area contributed by atoms with Gasteiger partial charge in [-0.05, 0) is 18.9 Å². The molecule has 0 aliphatic carbocycles. The van der Waals surface area contributed by atoms with E-state index in [9.17, 15) is 14.4 Å². The number of carbonyl (C=O) groups is 2. The Balaban J connectivity index is 2.19. The number of rotatable bonds is 5. The van der Waals surface area contributed by atoms with Gasteiger partial charge in [0.25, 0.3) is 11.5 Å². The Morgan fingerprint density at radius 1 is 1.10 bits per heavy atom. The molecule has 1 aliphatic rings. The number of hydrogen-bond acceptors (Lipinski definition) is 3. The van der Waals surface area contributed by atoms with E-state index in [0.29, 0.717) is 25.9 Å². The smallest absolute Gasteiger partial charge is 0.314 e. The zero-order valence-electron chi connectivity index (χ0n) is 11.8. The molecule has 1 saturated heterocycles. The second-order valence-corrected chi connectivity index (χ2v) is 4.88. The Hall–Kier alpha value is -2.11. The maximum atomic E-state index is 12.0. The predicted molar refractivity (Wildman–Crippen MR) is 74.3 cm³/mol. The summed E-state index contributed by atoms with van der Waals surface area (Å²) in [6.45, 7) is 4.50. The molecule has 1 N–H and O–H groups in total. The lowest BCUT2D eigenvalue weighted by molar-refractivity contribution is -0.127. The largest absolute Gasteiger partial charge is 0.325 e. The summed E-state index contributed by atoms with van der Waals surface area (Å²) in [6, 6.07) is 4.54. The lowest BCUT2D eigenvalue weighted by Crippen LogP contribution is -2.50. The summed E-state index contributed by atoms with van der Waals surface area (Å²) in [5.41, 5.74) is -0.896. The molecule has 2 heterocycles. The number of nitrogens with one attached hydrogen (secondary N) is 1. The predicted octanol–water partition coefficient (Wildman–Crippen LogP) is 0.959. The van der Waals surface area contributed by atoms with E-state index in [2.05, 4.69) is 5.32 Å². The van der Waals surface area contributed by atoms with Gasteiger partial charge in [-0.25, -0.2) is 4.79 Å². The molecule has 3 amide bonds. The molecule has 0 unspecified atom stereocenters. The monoisotopic (exact) mass is 277 g/mol. The SMILES string of the molecule is CCC1(CC)C(=O)NC(=O)N1CCn1ccccc1=O. The van der Waals surface area contributed by atoms with Gasteiger partial charge in [0.1, 0.15) is 5.54 Å². The van der Waals surface area contributed by atoms with Gasteiger partial charge in [-0.1, -0.05) is 19.9 Å². The number of nitrogens with zero attached hydrogens (tertiary/aromatic N) is 2. The van der Waals surface area contributed by atoms with E-state index in [4.69, 9.17) is 0 Å². The van der Waals surface area contributed by atoms with Crippen molar-refractivity contribution in [2.45, 2.75) is 38.8 Å². The summed E-state index contributed by atoms with van der Waals surface area (Å²) in [5, 5.41) is 2.37. The van der Waals surface area contributed by atoms with E-state index in [1.54, 1.807) is 23.2 Å². The number of urea groups is 1. The van der Waals surface area contributed by atoms with Crippen molar-refractivity contribution in [2.24, 2.45) is 0 Å². The number of pyridine rings is 1. The zero-order valence-corrected chi connectivity index (χ0v) is 11.8. The highest BCUT2D eigenvalue weighted by Crippen LogP contribution is 2.28. The van der Waals surface area contributed by atoms with Crippen LogP contribution in [0.2, 0.25) is 0 Å². The molecule has 6 heteroatoms. The zero-order chi connectivity index (χ0) is 14.8. The van der Waals surface area contributed by atoms with Gasteiger partial charge in [0.15, 0.2) is 0 Å². The highest BCUT2D eigenvalue weighted by atomic mass is 16.2. The van der Waals surface area contributed by atoms with Gasteiger partial charge in [-0.2, -0.15) is 0 Å². The maximum Gasteiger partial charge on any atom is 0.325 e. The van der Waals surface area contributed by atoms with E-state index in [0.717, 1.165) is 0 Å². The second kappa shape index (κ2) is 5.48. The fourth-order valence-electron chi connectivity index (χ4n) is 2.72. The molecule has 1 fully saturated rings. The van der Waals surface area contributed by atoms with Gasteiger partial charge >= 0.3 is 6.03 Å². The molecular weight excluding hydrogens is 258 g/mol. The third kappa shape index (κ3) is 2.21. The molecule has 0 saturated carbocycles. The Morgan fingerprint density at radius 2 is 1.80 bits per heavy atom. The van der Waals surface area contributed by atoms with Crippen molar-refractivity contribution in [1.29, 1.82) is 0 Å². The standard InChI is InChI=1S/C14H19N3O3/c1-3-14(4-2)12(19)15-13(20)17(14)10-9-16-8-6-5-7-11(16)18/h5-8H,3-4,9-10H2,1-2H3,(H,15,19,20). The van der Waals surface area contributed by atoms with Crippen LogP contribution in [0, 0.1) is 0 Å². The van der Waals surface area contributed by atoms with Gasteiger partial charge in [-0.15, -0.1) is 0 Å². The molecule has 0 aromatic carbocycles. The highest BCUT2D eigenvalue weighted by Gasteiger charge is 2.49. The Labute approximate surface area is 117 Å². The van der Waals surface area contributed by atoms with Crippen LogP contribution in [0.1, 0.15) is 26.7 Å². The summed E-state index contributed by atoms with van der Waals surface area (Å²) in [4.78, 5) is 37.1. The fourth-order valence-corrected chi connectivity index (χ4v) is 2.72. The Morgan fingerprint density at radius 3 is 2.40 bits per heavy atom. The van der Waals surface area contributed by atoms with Crippen LogP contribution in [0.4, 0.5) is 4.79 Å². The molecular formula is C14H19N3O3. The molecule has 1 aromatic rings. The van der Waals surface area contributed by atoms with Gasteiger partial charge in [0.2, 0.25) is 0 Å². The van der Waals surface area contributed by atoms with Gasteiger partial charge in [-0.3, -0.25) is 14.9 Å². The fraction of sp³-hybridized carbons (Fsp3) is 0.500. The first-order valence-corrected chi connectivity index (χ1v) is 6.83. The summed E-state index contributed by atoms with van der Waals surface area (Å²) in [5.74, 6) is -0.243. The molecule has 2 rings (SSSR count). The van der Waals surface area contributed by atoms with Crippen molar-refractivity contribution in [3.63, 3.8) is 0 Å². The normalized spacial score (nSPS) is 17.4. The van der Waals surface area contributed by atoms with Crippen molar-refractivity contribution in [2.75, 3.05) is 6.54 Å². The average Bonchev–Trinajstić information content (AvgIpc) is 2.68. The van der Waals surface area contributed by atoms with Crippen molar-refractivity contribution >= 4 is 11.9 Å². The van der Waals surface area contributed by atoms with Crippen LogP contribution in [-0.2, 0) is 11.3 Å². The average molecular weight is 277 g/mol. The van der Waals surface area contributed by atoms with Crippen molar-refractivity contribution in [1.82, 2.24) is 14.8 Å². The molecule has 6 nitrogen and oxygen atoms in total. The summed E-state index contributed by atoms with van der Waals surface area (Å²) in [6.07, 6.45) is 2.80. The first-order valence-electron chi connectivity index (χ1n) is 6.83. The number of carbonyl (C=O) groups excluding carboxylic acids is 2. The van der Waals surface area contributed by atoms with Crippen molar-refractivity contribution in [3.8, 4) is 0 Å². The lowest BCUT2D eigenvalue weighted by atomic mass is 9.91. The number of imide groups is 1. The minimum atomic E-state index is -0.782. The van der Waals surface area contributed by atoms with E-state index in [1.165, 1.54) is 10.6 Å².